The van der Waals surface area contributed by atoms with E-state index in [2.05, 4.69) is 51.5 Å². The van der Waals surface area contributed by atoms with Crippen LogP contribution in [0.1, 0.15) is 27.0 Å². The minimum absolute atomic E-state index is 0.307. The lowest BCUT2D eigenvalue weighted by Crippen LogP contribution is -2.23. The molecule has 4 rings (SSSR count). The summed E-state index contributed by atoms with van der Waals surface area (Å²) in [4.78, 5) is 23.9. The van der Waals surface area contributed by atoms with Crippen molar-refractivity contribution in [3.8, 4) is 5.75 Å². The number of aliphatic imine (C=N–C) groups is 1. The van der Waals surface area contributed by atoms with Crippen LogP contribution in [0.3, 0.4) is 0 Å². The van der Waals surface area contributed by atoms with Gasteiger partial charge in [0.1, 0.15) is 17.4 Å². The van der Waals surface area contributed by atoms with E-state index in [9.17, 15) is 4.79 Å². The van der Waals surface area contributed by atoms with Gasteiger partial charge in [-0.15, -0.1) is 0 Å². The minimum atomic E-state index is -0.307. The van der Waals surface area contributed by atoms with Crippen LogP contribution in [-0.4, -0.2) is 48.9 Å². The third-order valence-corrected chi connectivity index (χ3v) is 5.98. The maximum absolute atomic E-state index is 13.1. The van der Waals surface area contributed by atoms with Crippen LogP contribution in [0.2, 0.25) is 10.0 Å². The summed E-state index contributed by atoms with van der Waals surface area (Å²) in [5.41, 5.74) is 3.51. The monoisotopic (exact) mass is 482 g/mol. The van der Waals surface area contributed by atoms with Gasteiger partial charge in [0.25, 0.3) is 5.91 Å². The van der Waals surface area contributed by atoms with Crippen molar-refractivity contribution in [2.45, 2.75) is 12.8 Å². The Morgan fingerprint density at radius 1 is 1.09 bits per heavy atom. The number of amidine groups is 1. The fourth-order valence-corrected chi connectivity index (χ4v) is 4.14. The number of carbonyl (C=O) groups excluding carboxylic acids is 1. The number of nitrogens with zero attached hydrogens (tertiary/aromatic N) is 3. The highest BCUT2D eigenvalue weighted by molar-refractivity contribution is 6.31. The van der Waals surface area contributed by atoms with E-state index in [1.165, 1.54) is 6.20 Å². The topological polar surface area (TPSA) is 66.8 Å². The second-order valence-electron chi connectivity index (χ2n) is 7.77. The first kappa shape index (κ1) is 23.1. The zero-order valence-electron chi connectivity index (χ0n) is 18.4. The van der Waals surface area contributed by atoms with Crippen LogP contribution in [0.5, 0.6) is 5.75 Å². The normalized spacial score (nSPS) is 13.1. The fourth-order valence-electron chi connectivity index (χ4n) is 3.82. The molecule has 3 aromatic rings. The van der Waals surface area contributed by atoms with Gasteiger partial charge in [0.05, 0.1) is 18.7 Å². The quantitative estimate of drug-likeness (QED) is 0.506. The Kier molecular flexibility index (Phi) is 7.16. The molecule has 1 amide bonds. The molecule has 2 aromatic carbocycles. The summed E-state index contributed by atoms with van der Waals surface area (Å²) in [6.07, 6.45) is 2.83. The molecule has 1 aliphatic rings. The summed E-state index contributed by atoms with van der Waals surface area (Å²) >= 11 is 12.2. The number of rotatable bonds is 7. The Morgan fingerprint density at radius 2 is 1.88 bits per heavy atom. The van der Waals surface area contributed by atoms with E-state index in [4.69, 9.17) is 27.9 Å². The third-order valence-electron chi connectivity index (χ3n) is 5.54. The molecular weight excluding hydrogens is 459 g/mol. The summed E-state index contributed by atoms with van der Waals surface area (Å²) in [5.74, 6) is 1.70. The first-order valence-electron chi connectivity index (χ1n) is 10.6. The number of nitrogens with one attached hydrogen (secondary N) is 1. The van der Waals surface area contributed by atoms with Crippen LogP contribution in [0.25, 0.3) is 0 Å². The average Bonchev–Trinajstić information content (AvgIpc) is 3.25. The number of halogens is 2. The molecule has 33 heavy (non-hydrogen) atoms. The zero-order chi connectivity index (χ0) is 23.4. The molecule has 6 nitrogen and oxygen atoms in total. The van der Waals surface area contributed by atoms with Gasteiger partial charge in [0, 0.05) is 41.5 Å². The molecule has 0 saturated heterocycles. The largest absolute Gasteiger partial charge is 0.496 e. The molecule has 170 valence electrons. The summed E-state index contributed by atoms with van der Waals surface area (Å²) in [5, 5.41) is 3.73. The summed E-state index contributed by atoms with van der Waals surface area (Å²) in [6.45, 7) is 1.78. The van der Waals surface area contributed by atoms with Crippen LogP contribution in [0.15, 0.2) is 59.7 Å². The Balaban J connectivity index is 1.54. The highest BCUT2D eigenvalue weighted by Crippen LogP contribution is 2.29. The molecule has 0 aliphatic carbocycles. The Hall–Kier alpha value is -3.09. The summed E-state index contributed by atoms with van der Waals surface area (Å²) in [7, 11) is 3.63. The molecule has 1 N–H and O–H groups in total. The van der Waals surface area contributed by atoms with Crippen LogP contribution < -0.4 is 10.1 Å². The molecule has 0 unspecified atom stereocenters. The van der Waals surface area contributed by atoms with E-state index >= 15 is 0 Å². The van der Waals surface area contributed by atoms with Crippen molar-refractivity contribution in [2.75, 3.05) is 32.6 Å². The molecule has 0 saturated carbocycles. The number of hydrogen-bond acceptors (Lipinski definition) is 5. The molecule has 1 aliphatic heterocycles. The molecular formula is C25H24Cl2N4O2. The molecule has 0 radical (unpaired) electrons. The van der Waals surface area contributed by atoms with Crippen LogP contribution in [0, 0.1) is 0 Å². The number of hydrogen-bond donors (Lipinski definition) is 1. The van der Waals surface area contributed by atoms with Gasteiger partial charge in [0.2, 0.25) is 0 Å². The van der Waals surface area contributed by atoms with Crippen molar-refractivity contribution >= 4 is 40.8 Å². The number of ether oxygens (including phenoxy) is 1. The Bertz CT molecular complexity index is 1180. The molecule has 0 fully saturated rings. The molecule has 0 atom stereocenters. The van der Waals surface area contributed by atoms with Crippen LogP contribution in [-0.2, 0) is 12.8 Å². The first-order valence-corrected chi connectivity index (χ1v) is 11.3. The predicted octanol–water partition coefficient (Wildman–Crippen LogP) is 5.13. The third kappa shape index (κ3) is 5.46. The molecule has 8 heteroatoms. The smallest absolute Gasteiger partial charge is 0.257 e. The fraction of sp³-hybridized carbons (Fsp3) is 0.240. The highest BCUT2D eigenvalue weighted by Gasteiger charge is 2.19. The minimum Gasteiger partial charge on any atom is -0.496 e. The lowest BCUT2D eigenvalue weighted by molar-refractivity contribution is 0.102. The molecule has 1 aromatic heterocycles. The number of amides is 1. The number of aryl methyl sites for hydroxylation is 1. The average molecular weight is 483 g/mol. The van der Waals surface area contributed by atoms with Gasteiger partial charge in [0.15, 0.2) is 0 Å². The van der Waals surface area contributed by atoms with Crippen molar-refractivity contribution in [1.29, 1.82) is 0 Å². The van der Waals surface area contributed by atoms with Gasteiger partial charge in [-0.05, 0) is 42.7 Å². The Morgan fingerprint density at radius 3 is 2.52 bits per heavy atom. The van der Waals surface area contributed by atoms with E-state index in [0.29, 0.717) is 33.6 Å². The number of carbonyl (C=O) groups is 1. The summed E-state index contributed by atoms with van der Waals surface area (Å²) in [6, 6.07) is 15.1. The van der Waals surface area contributed by atoms with Gasteiger partial charge in [-0.25, -0.2) is 4.98 Å². The Labute approximate surface area is 203 Å². The highest BCUT2D eigenvalue weighted by atomic mass is 35.5. The number of benzene rings is 2. The molecule has 0 bridgehead atoms. The number of aromatic nitrogens is 1. The number of anilines is 1. The standard InChI is InChI=1S/C25H24Cl2N4O2/c1-31-12-11-28-24(31)17-6-3-16(4-7-17)5-9-20-21(13-19(27)14-22(20)33-2)25(32)30-23-10-8-18(26)15-29-23/h3-4,6-8,10,13-15H,5,9,11-12H2,1-2H3,(H,29,30,32). The van der Waals surface area contributed by atoms with E-state index < -0.39 is 0 Å². The van der Waals surface area contributed by atoms with E-state index in [1.54, 1.807) is 31.4 Å². The number of likely N-dealkylation sites (N-methyl/N-ethyl adjacent to an activating group) is 1. The first-order chi connectivity index (χ1) is 15.9. The van der Waals surface area contributed by atoms with Gasteiger partial charge in [-0.3, -0.25) is 9.79 Å². The zero-order valence-corrected chi connectivity index (χ0v) is 20.0. The van der Waals surface area contributed by atoms with Gasteiger partial charge >= 0.3 is 0 Å². The van der Waals surface area contributed by atoms with Crippen molar-refractivity contribution in [2.24, 2.45) is 4.99 Å². The second kappa shape index (κ2) is 10.2. The number of methoxy groups -OCH3 is 1. The van der Waals surface area contributed by atoms with Crippen LogP contribution >= 0.6 is 23.2 Å². The maximum atomic E-state index is 13.1. The maximum Gasteiger partial charge on any atom is 0.257 e. The SMILES string of the molecule is COc1cc(Cl)cc(C(=O)Nc2ccc(Cl)cn2)c1CCc1ccc(C2=NCCN2C)cc1. The van der Waals surface area contributed by atoms with Gasteiger partial charge in [-0.1, -0.05) is 47.5 Å². The van der Waals surface area contributed by atoms with Gasteiger partial charge in [-0.2, -0.15) is 0 Å². The van der Waals surface area contributed by atoms with E-state index in [1.807, 2.05) is 0 Å². The second-order valence-corrected chi connectivity index (χ2v) is 8.65. The van der Waals surface area contributed by atoms with Crippen molar-refractivity contribution in [3.05, 3.63) is 87.0 Å². The summed E-state index contributed by atoms with van der Waals surface area (Å²) < 4.78 is 5.55. The number of pyridine rings is 1. The molecule has 2 heterocycles. The molecule has 0 spiro atoms. The van der Waals surface area contributed by atoms with E-state index in [-0.39, 0.29) is 5.91 Å². The van der Waals surface area contributed by atoms with E-state index in [0.717, 1.165) is 42.0 Å². The van der Waals surface area contributed by atoms with Gasteiger partial charge < -0.3 is 15.0 Å². The van der Waals surface area contributed by atoms with Crippen molar-refractivity contribution in [3.63, 3.8) is 0 Å². The van der Waals surface area contributed by atoms with Crippen LogP contribution in [0.4, 0.5) is 5.82 Å². The van der Waals surface area contributed by atoms with Crippen molar-refractivity contribution < 1.29 is 9.53 Å². The lowest BCUT2D eigenvalue weighted by Gasteiger charge is -2.16. The lowest BCUT2D eigenvalue weighted by atomic mass is 9.97. The predicted molar refractivity (Wildman–Crippen MR) is 133 cm³/mol. The van der Waals surface area contributed by atoms with Crippen molar-refractivity contribution in [1.82, 2.24) is 9.88 Å².